The molecule has 0 saturated carbocycles. The van der Waals surface area contributed by atoms with Crippen LogP contribution < -0.4 is 9.80 Å². The quantitative estimate of drug-likeness (QED) is 0.410. The lowest BCUT2D eigenvalue weighted by Gasteiger charge is -2.19. The van der Waals surface area contributed by atoms with Crippen LogP contribution in [0.15, 0.2) is 58.8 Å². The zero-order valence-electron chi connectivity index (χ0n) is 18.7. The van der Waals surface area contributed by atoms with Crippen LogP contribution in [0.3, 0.4) is 0 Å². The highest BCUT2D eigenvalue weighted by Gasteiger charge is 2.35. The highest BCUT2D eigenvalue weighted by Crippen LogP contribution is 2.30. The smallest absolute Gasteiger partial charge is 0.281 e. The Kier molecular flexibility index (Phi) is 6.99. The Balaban J connectivity index is 1.35. The summed E-state index contributed by atoms with van der Waals surface area (Å²) in [5.41, 5.74) is 3.66. The summed E-state index contributed by atoms with van der Waals surface area (Å²) in [5, 5.41) is 7.98. The molecule has 4 rings (SSSR count). The van der Waals surface area contributed by atoms with Crippen LogP contribution >= 0.6 is 0 Å². The van der Waals surface area contributed by atoms with E-state index in [9.17, 15) is 9.59 Å². The minimum atomic E-state index is -0.214. The molecule has 0 fully saturated rings. The molecule has 0 radical (unpaired) electrons. The lowest BCUT2D eigenvalue weighted by molar-refractivity contribution is -0.113. The fraction of sp³-hybridized carbons (Fsp3) is 0.333. The highest BCUT2D eigenvalue weighted by molar-refractivity contribution is 6.54. The molecule has 2 amide bonds. The molecule has 0 bridgehead atoms. The first kappa shape index (κ1) is 22.5. The summed E-state index contributed by atoms with van der Waals surface area (Å²) in [5.74, 6) is -0.428. The molecule has 0 spiro atoms. The van der Waals surface area contributed by atoms with Crippen LogP contribution in [0.1, 0.15) is 25.0 Å². The first-order valence-electron chi connectivity index (χ1n) is 11.0. The topological polar surface area (TPSA) is 93.0 Å². The lowest BCUT2D eigenvalue weighted by Crippen LogP contribution is -2.35. The normalized spacial score (nSPS) is 17.2. The Morgan fingerprint density at radius 2 is 1.12 bits per heavy atom. The number of carbonyl (C=O) groups is 2. The zero-order chi connectivity index (χ0) is 23.2. The van der Waals surface area contributed by atoms with Crippen molar-refractivity contribution >= 4 is 34.6 Å². The van der Waals surface area contributed by atoms with E-state index in [1.807, 2.05) is 62.4 Å². The second kappa shape index (κ2) is 10.3. The molecule has 0 aliphatic carbocycles. The molecule has 9 heteroatoms. The monoisotopic (exact) mass is 450 g/mol. The summed E-state index contributed by atoms with van der Waals surface area (Å²) in [6, 6.07) is 14.9. The van der Waals surface area contributed by atoms with E-state index in [1.54, 1.807) is 9.80 Å². The molecule has 2 aromatic carbocycles. The SMILES string of the molecule is CCO/N=C1\C(=O)N(CCOCCN2C(=O)/C(=N/OCC)c3ccccc32)c2ccccc21. The van der Waals surface area contributed by atoms with E-state index < -0.39 is 0 Å². The number of hydrogen-bond donors (Lipinski definition) is 0. The number of oxime groups is 2. The molecule has 9 nitrogen and oxygen atoms in total. The maximum Gasteiger partial charge on any atom is 0.281 e. The standard InChI is InChI=1S/C24H26N4O5/c1-3-32-25-21-17-9-5-7-11-19(17)27(23(21)29)13-15-31-16-14-28-20-12-8-6-10-18(20)22(24(28)30)26-33-4-2/h5-12H,3-4,13-16H2,1-2H3/b25-21-,26-22+. The van der Waals surface area contributed by atoms with E-state index in [0.717, 1.165) is 22.5 Å². The predicted molar refractivity (Wildman–Crippen MR) is 125 cm³/mol. The first-order chi connectivity index (χ1) is 16.2. The Hall–Kier alpha value is -3.72. The van der Waals surface area contributed by atoms with Crippen LogP contribution in [-0.2, 0) is 24.0 Å². The fourth-order valence-electron chi connectivity index (χ4n) is 3.82. The van der Waals surface area contributed by atoms with Gasteiger partial charge in [-0.3, -0.25) is 9.59 Å². The van der Waals surface area contributed by atoms with E-state index in [4.69, 9.17) is 14.4 Å². The number of fused-ring (bicyclic) bond motifs is 2. The molecule has 2 aliphatic rings. The van der Waals surface area contributed by atoms with Crippen LogP contribution in [0.4, 0.5) is 11.4 Å². The van der Waals surface area contributed by atoms with Crippen molar-refractivity contribution < 1.29 is 24.0 Å². The number of carbonyl (C=O) groups excluding carboxylic acids is 2. The third-order valence-corrected chi connectivity index (χ3v) is 5.28. The molecule has 0 unspecified atom stereocenters. The number of hydrogen-bond acceptors (Lipinski definition) is 7. The number of amides is 2. The van der Waals surface area contributed by atoms with Crippen molar-refractivity contribution in [3.8, 4) is 0 Å². The maximum atomic E-state index is 12.8. The van der Waals surface area contributed by atoms with Crippen molar-refractivity contribution in [2.45, 2.75) is 13.8 Å². The summed E-state index contributed by atoms with van der Waals surface area (Å²) in [7, 11) is 0. The van der Waals surface area contributed by atoms with Gasteiger partial charge in [0, 0.05) is 24.2 Å². The van der Waals surface area contributed by atoms with Crippen molar-refractivity contribution in [1.82, 2.24) is 0 Å². The predicted octanol–water partition coefficient (Wildman–Crippen LogP) is 2.58. The lowest BCUT2D eigenvalue weighted by atomic mass is 10.1. The number of benzene rings is 2. The minimum Gasteiger partial charge on any atom is -0.395 e. The molecule has 33 heavy (non-hydrogen) atoms. The number of nitrogens with zero attached hydrogens (tertiary/aromatic N) is 4. The maximum absolute atomic E-state index is 12.8. The van der Waals surface area contributed by atoms with Gasteiger partial charge in [-0.2, -0.15) is 0 Å². The number of ether oxygens (including phenoxy) is 1. The van der Waals surface area contributed by atoms with Gasteiger partial charge in [0.15, 0.2) is 11.4 Å². The van der Waals surface area contributed by atoms with Gasteiger partial charge in [-0.05, 0) is 26.0 Å². The van der Waals surface area contributed by atoms with Gasteiger partial charge in [0.2, 0.25) is 0 Å². The third kappa shape index (κ3) is 4.45. The van der Waals surface area contributed by atoms with Gasteiger partial charge >= 0.3 is 0 Å². The molecule has 0 atom stereocenters. The van der Waals surface area contributed by atoms with E-state index >= 15 is 0 Å². The van der Waals surface area contributed by atoms with Crippen LogP contribution in [0.25, 0.3) is 0 Å². The Morgan fingerprint density at radius 1 is 0.697 bits per heavy atom. The van der Waals surface area contributed by atoms with Crippen LogP contribution in [0, 0.1) is 0 Å². The summed E-state index contributed by atoms with van der Waals surface area (Å²) in [4.78, 5) is 39.2. The summed E-state index contributed by atoms with van der Waals surface area (Å²) in [6.45, 7) is 5.75. The largest absolute Gasteiger partial charge is 0.395 e. The zero-order valence-corrected chi connectivity index (χ0v) is 18.7. The first-order valence-corrected chi connectivity index (χ1v) is 11.0. The average Bonchev–Trinajstić information content (AvgIpc) is 3.26. The van der Waals surface area contributed by atoms with Gasteiger partial charge in [0.25, 0.3) is 11.8 Å². The number of para-hydroxylation sites is 2. The van der Waals surface area contributed by atoms with E-state index in [-0.39, 0.29) is 11.8 Å². The van der Waals surface area contributed by atoms with Crippen molar-refractivity contribution in [2.24, 2.45) is 10.3 Å². The molecular weight excluding hydrogens is 424 g/mol. The van der Waals surface area contributed by atoms with Crippen molar-refractivity contribution in [3.05, 3.63) is 59.7 Å². The fourth-order valence-corrected chi connectivity index (χ4v) is 3.82. The molecule has 2 aliphatic heterocycles. The highest BCUT2D eigenvalue weighted by atomic mass is 16.6. The van der Waals surface area contributed by atoms with Gasteiger partial charge in [0.1, 0.15) is 13.2 Å². The second-order valence-electron chi connectivity index (χ2n) is 7.28. The summed E-state index contributed by atoms with van der Waals surface area (Å²) >= 11 is 0. The van der Waals surface area contributed by atoms with Crippen LogP contribution in [0.5, 0.6) is 0 Å². The summed E-state index contributed by atoms with van der Waals surface area (Å²) in [6.07, 6.45) is 0. The second-order valence-corrected chi connectivity index (χ2v) is 7.28. The van der Waals surface area contributed by atoms with Crippen molar-refractivity contribution in [3.63, 3.8) is 0 Å². The average molecular weight is 450 g/mol. The Labute approximate surface area is 192 Å². The third-order valence-electron chi connectivity index (χ3n) is 5.28. The number of anilines is 2. The van der Waals surface area contributed by atoms with Gasteiger partial charge < -0.3 is 24.2 Å². The summed E-state index contributed by atoms with van der Waals surface area (Å²) < 4.78 is 5.79. The molecule has 0 saturated heterocycles. The van der Waals surface area contributed by atoms with E-state index in [2.05, 4.69) is 10.3 Å². The minimum absolute atomic E-state index is 0.214. The molecule has 0 aromatic heterocycles. The molecule has 0 N–H and O–H groups in total. The van der Waals surface area contributed by atoms with Crippen LogP contribution in [-0.4, -0.2) is 62.8 Å². The van der Waals surface area contributed by atoms with Crippen molar-refractivity contribution in [1.29, 1.82) is 0 Å². The Morgan fingerprint density at radius 3 is 1.55 bits per heavy atom. The van der Waals surface area contributed by atoms with Gasteiger partial charge in [0.05, 0.1) is 24.6 Å². The molecular formula is C24H26N4O5. The van der Waals surface area contributed by atoms with Crippen molar-refractivity contribution in [2.75, 3.05) is 49.3 Å². The molecule has 2 aromatic rings. The van der Waals surface area contributed by atoms with Gasteiger partial charge in [-0.1, -0.05) is 46.7 Å². The Bertz CT molecular complexity index is 1010. The number of rotatable bonds is 10. The van der Waals surface area contributed by atoms with Crippen LogP contribution in [0.2, 0.25) is 0 Å². The molecule has 172 valence electrons. The van der Waals surface area contributed by atoms with E-state index in [0.29, 0.717) is 50.9 Å². The van der Waals surface area contributed by atoms with Gasteiger partial charge in [-0.15, -0.1) is 0 Å². The van der Waals surface area contributed by atoms with E-state index in [1.165, 1.54) is 0 Å². The van der Waals surface area contributed by atoms with Gasteiger partial charge in [-0.25, -0.2) is 0 Å². The molecule has 2 heterocycles.